The summed E-state index contributed by atoms with van der Waals surface area (Å²) in [7, 11) is 0. The lowest BCUT2D eigenvalue weighted by Crippen LogP contribution is -2.27. The number of benzene rings is 1. The highest BCUT2D eigenvalue weighted by atomic mass is 19.4. The summed E-state index contributed by atoms with van der Waals surface area (Å²) in [4.78, 5) is 0. The highest BCUT2D eigenvalue weighted by Crippen LogP contribution is 2.46. The molecule has 0 heterocycles. The molecule has 180 valence electrons. The quantitative estimate of drug-likeness (QED) is 0.255. The van der Waals surface area contributed by atoms with Crippen molar-refractivity contribution in [2.24, 2.45) is 23.7 Å². The molecule has 1 nitrogen and oxygen atoms in total. The summed E-state index contributed by atoms with van der Waals surface area (Å²) < 4.78 is 41.4. The highest BCUT2D eigenvalue weighted by molar-refractivity contribution is 5.30. The third kappa shape index (κ3) is 7.56. The van der Waals surface area contributed by atoms with Crippen LogP contribution in [0.3, 0.4) is 0 Å². The SMILES string of the molecule is C=CCC(c1ccc(OC(F)(F)F)cc1)C1CCC([C@H]2CC[C@H](CCCCC)CC2)CC1. The largest absolute Gasteiger partial charge is 0.573 e. The number of hydrogen-bond acceptors (Lipinski definition) is 1. The van der Waals surface area contributed by atoms with Crippen molar-refractivity contribution in [1.29, 1.82) is 0 Å². The van der Waals surface area contributed by atoms with E-state index in [-0.39, 0.29) is 5.75 Å². The molecule has 0 N–H and O–H groups in total. The van der Waals surface area contributed by atoms with Crippen LogP contribution in [0.25, 0.3) is 0 Å². The molecule has 0 bridgehead atoms. The smallest absolute Gasteiger partial charge is 0.406 e. The molecule has 3 rings (SSSR count). The van der Waals surface area contributed by atoms with E-state index >= 15 is 0 Å². The Morgan fingerprint density at radius 1 is 0.938 bits per heavy atom. The number of allylic oxidation sites excluding steroid dienone is 1. The molecule has 4 heteroatoms. The Morgan fingerprint density at radius 3 is 2.06 bits per heavy atom. The Morgan fingerprint density at radius 2 is 1.53 bits per heavy atom. The van der Waals surface area contributed by atoms with Gasteiger partial charge in [0.2, 0.25) is 0 Å². The van der Waals surface area contributed by atoms with Gasteiger partial charge in [-0.15, -0.1) is 19.8 Å². The summed E-state index contributed by atoms with van der Waals surface area (Å²) in [6.07, 6.45) is 14.5. The molecule has 2 aliphatic rings. The van der Waals surface area contributed by atoms with Crippen LogP contribution in [0, 0.1) is 23.7 Å². The average molecular weight is 451 g/mol. The van der Waals surface area contributed by atoms with Gasteiger partial charge in [0.25, 0.3) is 0 Å². The predicted molar refractivity (Wildman–Crippen MR) is 126 cm³/mol. The fourth-order valence-electron chi connectivity index (χ4n) is 6.35. The fraction of sp³-hybridized carbons (Fsp3) is 0.714. The first-order valence-electron chi connectivity index (χ1n) is 12.9. The lowest BCUT2D eigenvalue weighted by molar-refractivity contribution is -0.274. The maximum Gasteiger partial charge on any atom is 0.573 e. The molecule has 0 spiro atoms. The molecule has 0 saturated heterocycles. The van der Waals surface area contributed by atoms with Gasteiger partial charge in [-0.1, -0.05) is 63.7 Å². The molecule has 2 saturated carbocycles. The van der Waals surface area contributed by atoms with Crippen molar-refractivity contribution < 1.29 is 17.9 Å². The summed E-state index contributed by atoms with van der Waals surface area (Å²) in [5, 5.41) is 0. The normalized spacial score (nSPS) is 27.6. The molecule has 1 unspecified atom stereocenters. The van der Waals surface area contributed by atoms with E-state index in [1.807, 2.05) is 6.08 Å². The molecule has 1 aromatic carbocycles. The van der Waals surface area contributed by atoms with Gasteiger partial charge in [0.1, 0.15) is 5.75 Å². The Hall–Kier alpha value is -1.45. The maximum absolute atomic E-state index is 12.5. The molecule has 0 aliphatic heterocycles. The molecule has 0 aromatic heterocycles. The minimum absolute atomic E-state index is 0.146. The second kappa shape index (κ2) is 12.1. The van der Waals surface area contributed by atoms with Gasteiger partial charge >= 0.3 is 6.36 Å². The van der Waals surface area contributed by atoms with Crippen molar-refractivity contribution in [3.63, 3.8) is 0 Å². The van der Waals surface area contributed by atoms with Crippen molar-refractivity contribution in [2.75, 3.05) is 0 Å². The number of rotatable bonds is 10. The first-order valence-corrected chi connectivity index (χ1v) is 12.9. The van der Waals surface area contributed by atoms with E-state index in [2.05, 4.69) is 18.2 Å². The zero-order chi connectivity index (χ0) is 23.0. The van der Waals surface area contributed by atoms with Crippen LogP contribution in [0.4, 0.5) is 13.2 Å². The van der Waals surface area contributed by atoms with Gasteiger partial charge in [0.05, 0.1) is 0 Å². The third-order valence-electron chi connectivity index (χ3n) is 8.12. The number of hydrogen-bond donors (Lipinski definition) is 0. The van der Waals surface area contributed by atoms with E-state index in [4.69, 9.17) is 0 Å². The van der Waals surface area contributed by atoms with Crippen molar-refractivity contribution in [2.45, 2.75) is 103 Å². The summed E-state index contributed by atoms with van der Waals surface area (Å²) in [6.45, 7) is 6.22. The van der Waals surface area contributed by atoms with Crippen LogP contribution in [0.5, 0.6) is 5.75 Å². The van der Waals surface area contributed by atoms with Crippen LogP contribution >= 0.6 is 0 Å². The Kier molecular flexibility index (Phi) is 9.55. The highest BCUT2D eigenvalue weighted by Gasteiger charge is 2.34. The van der Waals surface area contributed by atoms with Gasteiger partial charge in [-0.05, 0) is 92.2 Å². The zero-order valence-corrected chi connectivity index (χ0v) is 19.7. The molecule has 32 heavy (non-hydrogen) atoms. The minimum Gasteiger partial charge on any atom is -0.406 e. The molecule has 0 amide bonds. The first kappa shape index (κ1) is 25.2. The summed E-state index contributed by atoms with van der Waals surface area (Å²) in [5.74, 6) is 3.53. The van der Waals surface area contributed by atoms with Gasteiger partial charge in [-0.2, -0.15) is 0 Å². The number of alkyl halides is 3. The monoisotopic (exact) mass is 450 g/mol. The number of ether oxygens (including phenoxy) is 1. The van der Waals surface area contributed by atoms with E-state index in [9.17, 15) is 13.2 Å². The Balaban J connectivity index is 1.49. The summed E-state index contributed by atoms with van der Waals surface area (Å²) >= 11 is 0. The maximum atomic E-state index is 12.5. The Bertz CT molecular complexity index is 665. The molecule has 2 aliphatic carbocycles. The van der Waals surface area contributed by atoms with Crippen LogP contribution in [-0.2, 0) is 0 Å². The second-order valence-electron chi connectivity index (χ2n) is 10.2. The van der Waals surface area contributed by atoms with E-state index < -0.39 is 6.36 Å². The summed E-state index contributed by atoms with van der Waals surface area (Å²) in [6, 6.07) is 6.51. The number of halogens is 3. The minimum atomic E-state index is -4.64. The average Bonchev–Trinajstić information content (AvgIpc) is 2.78. The van der Waals surface area contributed by atoms with E-state index in [1.54, 1.807) is 12.1 Å². The summed E-state index contributed by atoms with van der Waals surface area (Å²) in [5.41, 5.74) is 1.11. The second-order valence-corrected chi connectivity index (χ2v) is 10.2. The van der Waals surface area contributed by atoms with E-state index in [1.165, 1.54) is 89.2 Å². The molecule has 1 atom stereocenters. The van der Waals surface area contributed by atoms with Crippen molar-refractivity contribution in [3.05, 3.63) is 42.5 Å². The van der Waals surface area contributed by atoms with Crippen LogP contribution < -0.4 is 4.74 Å². The molecular formula is C28H41F3O. The van der Waals surface area contributed by atoms with Crippen LogP contribution in [0.15, 0.2) is 36.9 Å². The van der Waals surface area contributed by atoms with Crippen LogP contribution in [-0.4, -0.2) is 6.36 Å². The van der Waals surface area contributed by atoms with Gasteiger partial charge in [0, 0.05) is 0 Å². The van der Waals surface area contributed by atoms with Crippen molar-refractivity contribution in [3.8, 4) is 5.75 Å². The van der Waals surface area contributed by atoms with E-state index in [0.29, 0.717) is 11.8 Å². The van der Waals surface area contributed by atoms with Gasteiger partial charge in [-0.3, -0.25) is 0 Å². The lowest BCUT2D eigenvalue weighted by Gasteiger charge is -2.40. The van der Waals surface area contributed by atoms with E-state index in [0.717, 1.165) is 29.7 Å². The third-order valence-corrected chi connectivity index (χ3v) is 8.12. The zero-order valence-electron chi connectivity index (χ0n) is 19.7. The van der Waals surface area contributed by atoms with Gasteiger partial charge in [-0.25, -0.2) is 0 Å². The van der Waals surface area contributed by atoms with Gasteiger partial charge in [0.15, 0.2) is 0 Å². The molecule has 0 radical (unpaired) electrons. The van der Waals surface area contributed by atoms with Crippen molar-refractivity contribution >= 4 is 0 Å². The van der Waals surface area contributed by atoms with Crippen LogP contribution in [0.2, 0.25) is 0 Å². The molecular weight excluding hydrogens is 409 g/mol. The number of unbranched alkanes of at least 4 members (excludes halogenated alkanes) is 2. The fourth-order valence-corrected chi connectivity index (χ4v) is 6.35. The Labute approximate surface area is 192 Å². The molecule has 2 fully saturated rings. The van der Waals surface area contributed by atoms with Crippen LogP contribution in [0.1, 0.15) is 102 Å². The topological polar surface area (TPSA) is 9.23 Å². The lowest BCUT2D eigenvalue weighted by atomic mass is 9.66. The molecule has 1 aromatic rings. The predicted octanol–water partition coefficient (Wildman–Crippen LogP) is 9.44. The van der Waals surface area contributed by atoms with Crippen molar-refractivity contribution in [1.82, 2.24) is 0 Å². The first-order chi connectivity index (χ1) is 15.4. The van der Waals surface area contributed by atoms with Gasteiger partial charge < -0.3 is 4.74 Å². The standard InChI is InChI=1S/C28H41F3O/c1-3-5-6-8-21-9-11-22(12-10-21)23-13-15-24(16-14-23)27(7-4-2)25-17-19-26(20-18-25)32-28(29,30)31/h4,17-24,27H,2-3,5-16H2,1H3/t21-,22-,23?,24?,27?.